The number of esters is 1. The van der Waals surface area contributed by atoms with E-state index in [0.717, 1.165) is 6.20 Å². The molecule has 1 unspecified atom stereocenters. The van der Waals surface area contributed by atoms with Crippen molar-refractivity contribution in [1.29, 1.82) is 0 Å². The number of nitrogens with one attached hydrogen (secondary N) is 1. The second kappa shape index (κ2) is 6.45. The van der Waals surface area contributed by atoms with Crippen LogP contribution in [0.25, 0.3) is 0 Å². The second-order valence-electron chi connectivity index (χ2n) is 5.40. The van der Waals surface area contributed by atoms with Crippen LogP contribution >= 0.6 is 0 Å². The molecular weight excluding hydrogens is 263 g/mol. The number of halogens is 1. The second-order valence-corrected chi connectivity index (χ2v) is 5.40. The number of amides is 1. The highest BCUT2D eigenvalue weighted by molar-refractivity contribution is 6.05. The Balaban J connectivity index is 2.88. The van der Waals surface area contributed by atoms with Gasteiger partial charge in [0.15, 0.2) is 0 Å². The van der Waals surface area contributed by atoms with E-state index in [0.29, 0.717) is 0 Å². The molecule has 0 fully saturated rings. The van der Waals surface area contributed by atoms with Gasteiger partial charge in [-0.2, -0.15) is 0 Å². The molecule has 1 atom stereocenters. The molecule has 5 nitrogen and oxygen atoms in total. The summed E-state index contributed by atoms with van der Waals surface area (Å²) in [6.45, 7) is 7.19. The summed E-state index contributed by atoms with van der Waals surface area (Å²) < 4.78 is 17.7. The Morgan fingerprint density at radius 1 is 1.40 bits per heavy atom. The van der Waals surface area contributed by atoms with Crippen LogP contribution in [-0.4, -0.2) is 23.5 Å². The molecule has 0 aliphatic heterocycles. The number of anilines is 1. The van der Waals surface area contributed by atoms with Gasteiger partial charge in [-0.25, -0.2) is 9.37 Å². The molecule has 0 radical (unpaired) electrons. The quantitative estimate of drug-likeness (QED) is 0.680. The average Bonchev–Trinajstić information content (AvgIpc) is 2.30. The number of rotatable bonds is 4. The fourth-order valence-corrected chi connectivity index (χ4v) is 1.73. The van der Waals surface area contributed by atoms with E-state index in [1.54, 1.807) is 27.7 Å². The van der Waals surface area contributed by atoms with Crippen LogP contribution < -0.4 is 5.32 Å². The van der Waals surface area contributed by atoms with Crippen LogP contribution in [0, 0.1) is 17.2 Å². The minimum absolute atomic E-state index is 0.190. The van der Waals surface area contributed by atoms with Crippen LogP contribution in [0.4, 0.5) is 10.2 Å². The number of pyridine rings is 1. The van der Waals surface area contributed by atoms with Crippen LogP contribution in [-0.2, 0) is 14.3 Å². The first-order chi connectivity index (χ1) is 9.25. The maximum atomic E-state index is 12.8. The van der Waals surface area contributed by atoms with Crippen molar-refractivity contribution in [1.82, 2.24) is 4.98 Å². The Labute approximate surface area is 117 Å². The van der Waals surface area contributed by atoms with E-state index >= 15 is 0 Å². The highest BCUT2D eigenvalue weighted by atomic mass is 19.1. The topological polar surface area (TPSA) is 68.3 Å². The zero-order valence-electron chi connectivity index (χ0n) is 12.1. The zero-order valence-corrected chi connectivity index (χ0v) is 12.1. The predicted octanol–water partition coefficient (Wildman–Crippen LogP) is 2.38. The van der Waals surface area contributed by atoms with E-state index in [9.17, 15) is 14.0 Å². The van der Waals surface area contributed by atoms with Gasteiger partial charge in [-0.3, -0.25) is 9.59 Å². The lowest BCUT2D eigenvalue weighted by atomic mass is 9.80. The standard InChI is InChI=1S/C14H19FN2O3/c1-5-20-13(19)11(14(2,3)4)12(18)17-10-7-6-9(15)8-16-10/h6-8,11H,5H2,1-4H3,(H,16,17,18). The van der Waals surface area contributed by atoms with Crippen molar-refractivity contribution in [3.05, 3.63) is 24.1 Å². The van der Waals surface area contributed by atoms with Crippen molar-refractivity contribution in [2.45, 2.75) is 27.7 Å². The molecular formula is C14H19FN2O3. The molecule has 0 aromatic carbocycles. The summed E-state index contributed by atoms with van der Waals surface area (Å²) >= 11 is 0. The Kier molecular flexibility index (Phi) is 5.19. The third-order valence-corrected chi connectivity index (χ3v) is 2.63. The first kappa shape index (κ1) is 16.1. The van der Waals surface area contributed by atoms with E-state index in [1.807, 2.05) is 0 Å². The van der Waals surface area contributed by atoms with Gasteiger partial charge >= 0.3 is 5.97 Å². The Bertz CT molecular complexity index is 480. The number of aromatic nitrogens is 1. The maximum absolute atomic E-state index is 12.8. The summed E-state index contributed by atoms with van der Waals surface area (Å²) in [6, 6.07) is 2.51. The molecule has 0 saturated carbocycles. The van der Waals surface area contributed by atoms with Gasteiger partial charge in [0.1, 0.15) is 17.6 Å². The van der Waals surface area contributed by atoms with Crippen LogP contribution in [0.2, 0.25) is 0 Å². The monoisotopic (exact) mass is 282 g/mol. The first-order valence-corrected chi connectivity index (χ1v) is 6.34. The molecule has 1 heterocycles. The number of ether oxygens (including phenoxy) is 1. The van der Waals surface area contributed by atoms with Gasteiger partial charge in [-0.15, -0.1) is 0 Å². The molecule has 110 valence electrons. The molecule has 0 aliphatic rings. The minimum atomic E-state index is -0.964. The number of carbonyl (C=O) groups excluding carboxylic acids is 2. The minimum Gasteiger partial charge on any atom is -0.465 e. The van der Waals surface area contributed by atoms with E-state index in [2.05, 4.69) is 10.3 Å². The SMILES string of the molecule is CCOC(=O)C(C(=O)Nc1ccc(F)cn1)C(C)(C)C. The van der Waals surface area contributed by atoms with Gasteiger partial charge < -0.3 is 10.1 Å². The van der Waals surface area contributed by atoms with Crippen LogP contribution in [0.5, 0.6) is 0 Å². The lowest BCUT2D eigenvalue weighted by Gasteiger charge is -2.27. The van der Waals surface area contributed by atoms with Crippen molar-refractivity contribution < 1.29 is 18.7 Å². The predicted molar refractivity (Wildman–Crippen MR) is 72.4 cm³/mol. The smallest absolute Gasteiger partial charge is 0.319 e. The molecule has 1 rings (SSSR count). The number of hydrogen-bond donors (Lipinski definition) is 1. The van der Waals surface area contributed by atoms with Crippen LogP contribution in [0.1, 0.15) is 27.7 Å². The third kappa shape index (κ3) is 4.29. The summed E-state index contributed by atoms with van der Waals surface area (Å²) in [4.78, 5) is 27.9. The van der Waals surface area contributed by atoms with Crippen molar-refractivity contribution in [3.63, 3.8) is 0 Å². The molecule has 20 heavy (non-hydrogen) atoms. The molecule has 0 bridgehead atoms. The Morgan fingerprint density at radius 3 is 2.50 bits per heavy atom. The molecule has 1 aromatic rings. The van der Waals surface area contributed by atoms with E-state index in [4.69, 9.17) is 4.74 Å². The fourth-order valence-electron chi connectivity index (χ4n) is 1.73. The Hall–Kier alpha value is -1.98. The summed E-state index contributed by atoms with van der Waals surface area (Å²) in [5.74, 6) is -2.38. The lowest BCUT2D eigenvalue weighted by Crippen LogP contribution is -2.40. The van der Waals surface area contributed by atoms with Crippen LogP contribution in [0.15, 0.2) is 18.3 Å². The van der Waals surface area contributed by atoms with Crippen molar-refractivity contribution >= 4 is 17.7 Å². The molecule has 1 aromatic heterocycles. The molecule has 0 saturated heterocycles. The highest BCUT2D eigenvalue weighted by Crippen LogP contribution is 2.28. The average molecular weight is 282 g/mol. The van der Waals surface area contributed by atoms with Gasteiger partial charge in [0, 0.05) is 0 Å². The largest absolute Gasteiger partial charge is 0.465 e. The zero-order chi connectivity index (χ0) is 15.3. The Morgan fingerprint density at radius 2 is 2.05 bits per heavy atom. The van der Waals surface area contributed by atoms with Crippen molar-refractivity contribution in [2.24, 2.45) is 11.3 Å². The van der Waals surface area contributed by atoms with E-state index < -0.39 is 29.0 Å². The van der Waals surface area contributed by atoms with Gasteiger partial charge in [0.05, 0.1) is 12.8 Å². The summed E-state index contributed by atoms with van der Waals surface area (Å²) in [6.07, 6.45) is 0.992. The molecule has 1 N–H and O–H groups in total. The number of nitrogens with zero attached hydrogens (tertiary/aromatic N) is 1. The van der Waals surface area contributed by atoms with Crippen molar-refractivity contribution in [2.75, 3.05) is 11.9 Å². The fraction of sp³-hybridized carbons (Fsp3) is 0.500. The van der Waals surface area contributed by atoms with Gasteiger partial charge in [-0.1, -0.05) is 20.8 Å². The first-order valence-electron chi connectivity index (χ1n) is 6.34. The van der Waals surface area contributed by atoms with Gasteiger partial charge in [0.25, 0.3) is 0 Å². The molecule has 1 amide bonds. The number of hydrogen-bond acceptors (Lipinski definition) is 4. The summed E-state index contributed by atoms with van der Waals surface area (Å²) in [5, 5.41) is 2.50. The normalized spacial score (nSPS) is 12.7. The molecule has 0 aliphatic carbocycles. The van der Waals surface area contributed by atoms with Crippen molar-refractivity contribution in [3.8, 4) is 0 Å². The summed E-state index contributed by atoms with van der Waals surface area (Å²) in [5.41, 5.74) is -0.601. The van der Waals surface area contributed by atoms with Crippen LogP contribution in [0.3, 0.4) is 0 Å². The number of carbonyl (C=O) groups is 2. The summed E-state index contributed by atoms with van der Waals surface area (Å²) in [7, 11) is 0. The highest BCUT2D eigenvalue weighted by Gasteiger charge is 2.39. The van der Waals surface area contributed by atoms with E-state index in [-0.39, 0.29) is 12.4 Å². The van der Waals surface area contributed by atoms with E-state index in [1.165, 1.54) is 12.1 Å². The van der Waals surface area contributed by atoms with Gasteiger partial charge in [0.2, 0.25) is 5.91 Å². The third-order valence-electron chi connectivity index (χ3n) is 2.63. The maximum Gasteiger partial charge on any atom is 0.319 e. The lowest BCUT2D eigenvalue weighted by molar-refractivity contribution is -0.155. The molecule has 6 heteroatoms. The molecule has 0 spiro atoms. The van der Waals surface area contributed by atoms with Gasteiger partial charge in [-0.05, 0) is 24.5 Å².